The molecule has 0 fully saturated rings. The van der Waals surface area contributed by atoms with Gasteiger partial charge in [-0.05, 0) is 17.5 Å². The van der Waals surface area contributed by atoms with Crippen molar-refractivity contribution in [1.82, 2.24) is 20.1 Å². The zero-order valence-electron chi connectivity index (χ0n) is 11.0. The maximum Gasteiger partial charge on any atom is 0.220 e. The number of rotatable bonds is 6. The van der Waals surface area contributed by atoms with Crippen molar-refractivity contribution >= 4 is 5.91 Å². The number of amides is 1. The van der Waals surface area contributed by atoms with Crippen LogP contribution in [0, 0.1) is 0 Å². The van der Waals surface area contributed by atoms with Crippen LogP contribution in [0.4, 0.5) is 0 Å². The number of carbonyl (C=O) groups is 1. The first kappa shape index (κ1) is 13.3. The summed E-state index contributed by atoms with van der Waals surface area (Å²) in [5.41, 5.74) is 2.26. The molecule has 2 rings (SSSR count). The first-order valence-electron chi connectivity index (χ1n) is 6.45. The van der Waals surface area contributed by atoms with Crippen LogP contribution in [0.25, 0.3) is 0 Å². The van der Waals surface area contributed by atoms with Crippen molar-refractivity contribution in [2.75, 3.05) is 0 Å². The predicted octanol–water partition coefficient (Wildman–Crippen LogP) is 1.74. The highest BCUT2D eigenvalue weighted by Crippen LogP contribution is 2.10. The molecule has 0 aliphatic rings. The molecule has 5 nitrogen and oxygen atoms in total. The lowest BCUT2D eigenvalue weighted by Gasteiger charge is -2.10. The molecule has 0 aliphatic heterocycles. The summed E-state index contributed by atoms with van der Waals surface area (Å²) in [5, 5.41) is 7.03. The van der Waals surface area contributed by atoms with Gasteiger partial charge in [0.15, 0.2) is 0 Å². The van der Waals surface area contributed by atoms with Gasteiger partial charge >= 0.3 is 0 Å². The fourth-order valence-corrected chi connectivity index (χ4v) is 1.88. The first-order chi connectivity index (χ1) is 9.29. The van der Waals surface area contributed by atoms with Gasteiger partial charge in [0.25, 0.3) is 0 Å². The highest BCUT2D eigenvalue weighted by atomic mass is 16.1. The van der Waals surface area contributed by atoms with Crippen molar-refractivity contribution in [2.24, 2.45) is 0 Å². The van der Waals surface area contributed by atoms with E-state index in [1.807, 2.05) is 31.2 Å². The Kier molecular flexibility index (Phi) is 4.66. The molecular weight excluding hydrogens is 240 g/mol. The number of nitrogens with one attached hydrogen (secondary N) is 1. The molecule has 1 aromatic heterocycles. The molecule has 0 saturated heterocycles. The van der Waals surface area contributed by atoms with Crippen molar-refractivity contribution in [2.45, 2.75) is 32.9 Å². The average Bonchev–Trinajstić information content (AvgIpc) is 2.91. The van der Waals surface area contributed by atoms with E-state index in [0.717, 1.165) is 17.5 Å². The number of hydrogen-bond donors (Lipinski definition) is 1. The normalized spacial score (nSPS) is 10.4. The van der Waals surface area contributed by atoms with Gasteiger partial charge in [-0.1, -0.05) is 31.2 Å². The first-order valence-corrected chi connectivity index (χ1v) is 6.45. The third-order valence-corrected chi connectivity index (χ3v) is 2.87. The Hall–Kier alpha value is -2.17. The number of aromatic nitrogens is 3. The smallest absolute Gasteiger partial charge is 0.220 e. The minimum atomic E-state index is 0.0954. The maximum absolute atomic E-state index is 11.5. The quantitative estimate of drug-likeness (QED) is 0.858. The van der Waals surface area contributed by atoms with E-state index in [9.17, 15) is 4.79 Å². The van der Waals surface area contributed by atoms with E-state index in [0.29, 0.717) is 19.5 Å². The zero-order valence-corrected chi connectivity index (χ0v) is 11.0. The van der Waals surface area contributed by atoms with Crippen molar-refractivity contribution in [3.8, 4) is 0 Å². The summed E-state index contributed by atoms with van der Waals surface area (Å²) in [7, 11) is 0. The van der Waals surface area contributed by atoms with Crippen LogP contribution >= 0.6 is 0 Å². The monoisotopic (exact) mass is 258 g/mol. The van der Waals surface area contributed by atoms with E-state index >= 15 is 0 Å². The van der Waals surface area contributed by atoms with E-state index in [1.165, 1.54) is 6.33 Å². The molecule has 0 aliphatic carbocycles. The molecule has 0 radical (unpaired) electrons. The SMILES string of the molecule is CCCC(=O)NCc1ccccc1Cn1cncn1. The summed E-state index contributed by atoms with van der Waals surface area (Å²) in [6.45, 7) is 3.22. The summed E-state index contributed by atoms with van der Waals surface area (Å²) < 4.78 is 1.77. The second-order valence-electron chi connectivity index (χ2n) is 4.39. The lowest BCUT2D eigenvalue weighted by atomic mass is 10.1. The van der Waals surface area contributed by atoms with Crippen LogP contribution in [0.5, 0.6) is 0 Å². The third kappa shape index (κ3) is 3.91. The lowest BCUT2D eigenvalue weighted by Crippen LogP contribution is -2.23. The van der Waals surface area contributed by atoms with Crippen LogP contribution in [0.1, 0.15) is 30.9 Å². The number of nitrogens with zero attached hydrogens (tertiary/aromatic N) is 3. The molecular formula is C14H18N4O. The molecule has 0 spiro atoms. The molecule has 100 valence electrons. The highest BCUT2D eigenvalue weighted by Gasteiger charge is 2.05. The van der Waals surface area contributed by atoms with Gasteiger partial charge in [0.2, 0.25) is 5.91 Å². The number of benzene rings is 1. The van der Waals surface area contributed by atoms with Gasteiger partial charge in [-0.2, -0.15) is 5.10 Å². The van der Waals surface area contributed by atoms with Gasteiger partial charge < -0.3 is 5.32 Å². The highest BCUT2D eigenvalue weighted by molar-refractivity contribution is 5.75. The van der Waals surface area contributed by atoms with Crippen molar-refractivity contribution < 1.29 is 4.79 Å². The molecule has 0 unspecified atom stereocenters. The Morgan fingerprint density at radius 1 is 1.32 bits per heavy atom. The molecule has 0 saturated carbocycles. The van der Waals surface area contributed by atoms with Crippen LogP contribution in [-0.4, -0.2) is 20.7 Å². The van der Waals surface area contributed by atoms with E-state index in [2.05, 4.69) is 15.4 Å². The third-order valence-electron chi connectivity index (χ3n) is 2.87. The zero-order chi connectivity index (χ0) is 13.5. The number of hydrogen-bond acceptors (Lipinski definition) is 3. The molecule has 5 heteroatoms. The van der Waals surface area contributed by atoms with E-state index in [1.54, 1.807) is 11.0 Å². The lowest BCUT2D eigenvalue weighted by molar-refractivity contribution is -0.121. The molecule has 2 aromatic rings. The molecule has 19 heavy (non-hydrogen) atoms. The number of carbonyl (C=O) groups excluding carboxylic acids is 1. The van der Waals surface area contributed by atoms with Crippen LogP contribution in [0.2, 0.25) is 0 Å². The Balaban J connectivity index is 2.02. The molecule has 1 heterocycles. The minimum absolute atomic E-state index is 0.0954. The predicted molar refractivity (Wildman–Crippen MR) is 72.3 cm³/mol. The summed E-state index contributed by atoms with van der Waals surface area (Å²) >= 11 is 0. The molecule has 1 amide bonds. The van der Waals surface area contributed by atoms with Crippen molar-refractivity contribution in [3.63, 3.8) is 0 Å². The van der Waals surface area contributed by atoms with Crippen LogP contribution in [0.3, 0.4) is 0 Å². The van der Waals surface area contributed by atoms with Crippen LogP contribution < -0.4 is 5.32 Å². The summed E-state index contributed by atoms with van der Waals surface area (Å²) in [5.74, 6) is 0.0954. The average molecular weight is 258 g/mol. The molecule has 0 atom stereocenters. The second kappa shape index (κ2) is 6.68. The maximum atomic E-state index is 11.5. The van der Waals surface area contributed by atoms with E-state index < -0.39 is 0 Å². The topological polar surface area (TPSA) is 59.8 Å². The minimum Gasteiger partial charge on any atom is -0.352 e. The van der Waals surface area contributed by atoms with E-state index in [4.69, 9.17) is 0 Å². The fourth-order valence-electron chi connectivity index (χ4n) is 1.88. The van der Waals surface area contributed by atoms with Crippen LogP contribution in [-0.2, 0) is 17.9 Å². The summed E-state index contributed by atoms with van der Waals surface area (Å²) in [4.78, 5) is 15.4. The van der Waals surface area contributed by atoms with Gasteiger partial charge in [-0.25, -0.2) is 9.67 Å². The largest absolute Gasteiger partial charge is 0.352 e. The Morgan fingerprint density at radius 2 is 2.11 bits per heavy atom. The Bertz CT molecular complexity index is 522. The second-order valence-corrected chi connectivity index (χ2v) is 4.39. The van der Waals surface area contributed by atoms with Gasteiger partial charge in [-0.3, -0.25) is 4.79 Å². The summed E-state index contributed by atoms with van der Waals surface area (Å²) in [6, 6.07) is 8.04. The summed E-state index contributed by atoms with van der Waals surface area (Å²) in [6.07, 6.45) is 4.65. The Morgan fingerprint density at radius 3 is 2.79 bits per heavy atom. The fraction of sp³-hybridized carbons (Fsp3) is 0.357. The molecule has 1 aromatic carbocycles. The molecule has 1 N–H and O–H groups in total. The van der Waals surface area contributed by atoms with Gasteiger partial charge in [0.1, 0.15) is 12.7 Å². The van der Waals surface area contributed by atoms with Crippen molar-refractivity contribution in [3.05, 3.63) is 48.0 Å². The Labute approximate surface area is 112 Å². The molecule has 0 bridgehead atoms. The standard InChI is InChI=1S/C14H18N4O/c1-2-5-14(19)16-8-12-6-3-4-7-13(12)9-18-11-15-10-17-18/h3-4,6-7,10-11H,2,5,8-9H2,1H3,(H,16,19). The van der Waals surface area contributed by atoms with E-state index in [-0.39, 0.29) is 5.91 Å². The van der Waals surface area contributed by atoms with Gasteiger partial charge in [0.05, 0.1) is 6.54 Å². The van der Waals surface area contributed by atoms with Gasteiger partial charge in [0, 0.05) is 13.0 Å². The van der Waals surface area contributed by atoms with Crippen molar-refractivity contribution in [1.29, 1.82) is 0 Å². The van der Waals surface area contributed by atoms with Crippen LogP contribution in [0.15, 0.2) is 36.9 Å². The van der Waals surface area contributed by atoms with Gasteiger partial charge in [-0.15, -0.1) is 0 Å².